The number of benzene rings is 2. The molecule has 1 fully saturated rings. The summed E-state index contributed by atoms with van der Waals surface area (Å²) in [5, 5.41) is 2.78. The second kappa shape index (κ2) is 12.1. The lowest BCUT2D eigenvalue weighted by Gasteiger charge is -2.30. The predicted octanol–water partition coefficient (Wildman–Crippen LogP) is 3.25. The summed E-state index contributed by atoms with van der Waals surface area (Å²) in [5.41, 5.74) is 1.46. The summed E-state index contributed by atoms with van der Waals surface area (Å²) in [7, 11) is -0.640. The van der Waals surface area contributed by atoms with Gasteiger partial charge in [0.1, 0.15) is 0 Å². The molecule has 0 aliphatic heterocycles. The molecule has 2 aromatic carbocycles. The van der Waals surface area contributed by atoms with Crippen LogP contribution in [0.4, 0.5) is 5.69 Å². The number of amides is 1. The van der Waals surface area contributed by atoms with Crippen molar-refractivity contribution in [2.75, 3.05) is 32.6 Å². The Morgan fingerprint density at radius 1 is 0.971 bits per heavy atom. The zero-order chi connectivity index (χ0) is 24.6. The van der Waals surface area contributed by atoms with Crippen LogP contribution in [0.25, 0.3) is 0 Å². The fraction of sp³-hybridized carbons (Fsp3) is 0.440. The summed E-state index contributed by atoms with van der Waals surface area (Å²) < 4.78 is 32.2. The second-order valence-corrected chi connectivity index (χ2v) is 10.6. The van der Waals surface area contributed by atoms with E-state index in [-0.39, 0.29) is 29.9 Å². The molecule has 1 aliphatic rings. The molecule has 0 heterocycles. The Kier molecular flexibility index (Phi) is 9.20. The summed E-state index contributed by atoms with van der Waals surface area (Å²) >= 11 is 0. The van der Waals surface area contributed by atoms with E-state index in [9.17, 15) is 18.0 Å². The molecule has 9 heteroatoms. The molecule has 0 unspecified atom stereocenters. The maximum absolute atomic E-state index is 13.0. The third-order valence-electron chi connectivity index (χ3n) is 6.10. The van der Waals surface area contributed by atoms with Crippen molar-refractivity contribution in [2.45, 2.75) is 49.6 Å². The molecule has 1 N–H and O–H groups in total. The van der Waals surface area contributed by atoms with E-state index < -0.39 is 16.0 Å². The van der Waals surface area contributed by atoms with Gasteiger partial charge in [-0.05, 0) is 42.7 Å². The highest BCUT2D eigenvalue weighted by Gasteiger charge is 2.29. The lowest BCUT2D eigenvalue weighted by atomic mass is 9.96. The highest BCUT2D eigenvalue weighted by Crippen LogP contribution is 2.27. The quantitative estimate of drug-likeness (QED) is 0.517. The molecule has 8 nitrogen and oxygen atoms in total. The van der Waals surface area contributed by atoms with Gasteiger partial charge in [-0.3, -0.25) is 14.5 Å². The number of methoxy groups -OCH3 is 1. The van der Waals surface area contributed by atoms with Crippen molar-refractivity contribution in [1.82, 2.24) is 9.21 Å². The number of sulfonamides is 1. The maximum atomic E-state index is 13.0. The standard InChI is InChI=1S/C25H33N3O5S/c1-27(22-11-7-4-8-12-22)34(31,32)23-15-13-21(14-16-23)26-24(29)18-28(19-25(30)33-2)17-20-9-5-3-6-10-20/h3,5-6,9-10,13-16,22H,4,7-8,11-12,17-19H2,1-2H3,(H,26,29). The van der Waals surface area contributed by atoms with Crippen LogP contribution >= 0.6 is 0 Å². The average Bonchev–Trinajstić information content (AvgIpc) is 2.84. The SMILES string of the molecule is COC(=O)CN(CC(=O)Nc1ccc(S(=O)(=O)N(C)C2CCCCC2)cc1)Cc1ccccc1. The molecule has 0 spiro atoms. The lowest BCUT2D eigenvalue weighted by molar-refractivity contribution is -0.142. The first-order chi connectivity index (χ1) is 16.3. The van der Waals surface area contributed by atoms with E-state index in [0.29, 0.717) is 12.2 Å². The first-order valence-electron chi connectivity index (χ1n) is 11.5. The molecule has 1 aliphatic carbocycles. The summed E-state index contributed by atoms with van der Waals surface area (Å²) in [6.07, 6.45) is 5.02. The van der Waals surface area contributed by atoms with Crippen LogP contribution < -0.4 is 5.32 Å². The molecule has 34 heavy (non-hydrogen) atoms. The van der Waals surface area contributed by atoms with Crippen LogP contribution in [-0.2, 0) is 30.9 Å². The lowest BCUT2D eigenvalue weighted by Crippen LogP contribution is -2.38. The third-order valence-corrected chi connectivity index (χ3v) is 8.02. The van der Waals surface area contributed by atoms with E-state index in [1.807, 2.05) is 30.3 Å². The van der Waals surface area contributed by atoms with Crippen molar-refractivity contribution in [2.24, 2.45) is 0 Å². The number of hydrogen-bond acceptors (Lipinski definition) is 6. The van der Waals surface area contributed by atoms with Crippen LogP contribution in [0.1, 0.15) is 37.7 Å². The smallest absolute Gasteiger partial charge is 0.319 e. The van der Waals surface area contributed by atoms with Crippen molar-refractivity contribution in [3.63, 3.8) is 0 Å². The van der Waals surface area contributed by atoms with Gasteiger partial charge in [0.2, 0.25) is 15.9 Å². The number of hydrogen-bond donors (Lipinski definition) is 1. The van der Waals surface area contributed by atoms with Crippen molar-refractivity contribution >= 4 is 27.6 Å². The van der Waals surface area contributed by atoms with Crippen LogP contribution in [0.2, 0.25) is 0 Å². The Labute approximate surface area is 201 Å². The van der Waals surface area contributed by atoms with Crippen molar-refractivity contribution < 1.29 is 22.7 Å². The molecule has 0 radical (unpaired) electrons. The van der Waals surface area contributed by atoms with Crippen LogP contribution in [-0.4, -0.2) is 62.8 Å². The Balaban J connectivity index is 1.62. The Morgan fingerprint density at radius 3 is 2.24 bits per heavy atom. The van der Waals surface area contributed by atoms with Gasteiger partial charge in [0, 0.05) is 25.3 Å². The van der Waals surface area contributed by atoms with Gasteiger partial charge in [0.05, 0.1) is 25.1 Å². The van der Waals surface area contributed by atoms with E-state index >= 15 is 0 Å². The first kappa shape index (κ1) is 25.9. The van der Waals surface area contributed by atoms with Crippen LogP contribution in [0.5, 0.6) is 0 Å². The fourth-order valence-corrected chi connectivity index (χ4v) is 5.59. The second-order valence-electron chi connectivity index (χ2n) is 8.59. The van der Waals surface area contributed by atoms with Crippen molar-refractivity contribution in [3.8, 4) is 0 Å². The van der Waals surface area contributed by atoms with Gasteiger partial charge >= 0.3 is 5.97 Å². The Morgan fingerprint density at radius 2 is 1.62 bits per heavy atom. The number of nitrogens with zero attached hydrogens (tertiary/aromatic N) is 2. The molecule has 2 aromatic rings. The van der Waals surface area contributed by atoms with Gasteiger partial charge in [0.25, 0.3) is 0 Å². The highest BCUT2D eigenvalue weighted by atomic mass is 32.2. The average molecular weight is 488 g/mol. The molecule has 1 amide bonds. The molecule has 1 saturated carbocycles. The normalized spacial score (nSPS) is 14.8. The molecular weight excluding hydrogens is 454 g/mol. The van der Waals surface area contributed by atoms with Crippen LogP contribution in [0.15, 0.2) is 59.5 Å². The van der Waals surface area contributed by atoms with Crippen molar-refractivity contribution in [1.29, 1.82) is 0 Å². The van der Waals surface area contributed by atoms with Gasteiger partial charge < -0.3 is 10.1 Å². The minimum Gasteiger partial charge on any atom is -0.468 e. The third kappa shape index (κ3) is 7.12. The molecule has 0 atom stereocenters. The molecule has 184 valence electrons. The zero-order valence-corrected chi connectivity index (χ0v) is 20.6. The first-order valence-corrected chi connectivity index (χ1v) is 12.9. The molecule has 0 bridgehead atoms. The predicted molar refractivity (Wildman–Crippen MR) is 131 cm³/mol. The van der Waals surface area contributed by atoms with E-state index in [1.165, 1.54) is 23.5 Å². The number of rotatable bonds is 10. The number of ether oxygens (including phenoxy) is 1. The Hall–Kier alpha value is -2.75. The van der Waals surface area contributed by atoms with Gasteiger partial charge in [-0.1, -0.05) is 49.6 Å². The molecule has 0 aromatic heterocycles. The van der Waals surface area contributed by atoms with E-state index in [2.05, 4.69) is 5.32 Å². The van der Waals surface area contributed by atoms with E-state index in [1.54, 1.807) is 24.1 Å². The number of carbonyl (C=O) groups excluding carboxylic acids is 2. The Bertz CT molecular complexity index is 1050. The van der Waals surface area contributed by atoms with Gasteiger partial charge in [-0.2, -0.15) is 4.31 Å². The van der Waals surface area contributed by atoms with E-state index in [0.717, 1.165) is 37.7 Å². The van der Waals surface area contributed by atoms with Gasteiger partial charge in [-0.15, -0.1) is 0 Å². The monoisotopic (exact) mass is 487 g/mol. The summed E-state index contributed by atoms with van der Waals surface area (Å²) in [6, 6.07) is 15.8. The molecule has 0 saturated heterocycles. The fourth-order valence-electron chi connectivity index (χ4n) is 4.18. The van der Waals surface area contributed by atoms with E-state index in [4.69, 9.17) is 4.74 Å². The minimum atomic E-state index is -3.59. The van der Waals surface area contributed by atoms with Crippen LogP contribution in [0, 0.1) is 0 Å². The maximum Gasteiger partial charge on any atom is 0.319 e. The summed E-state index contributed by atoms with van der Waals surface area (Å²) in [6.45, 7) is 0.367. The van der Waals surface area contributed by atoms with Gasteiger partial charge in [0.15, 0.2) is 0 Å². The largest absolute Gasteiger partial charge is 0.468 e. The molecular formula is C25H33N3O5S. The summed E-state index contributed by atoms with van der Waals surface area (Å²) in [5.74, 6) is -0.741. The number of carbonyl (C=O) groups is 2. The summed E-state index contributed by atoms with van der Waals surface area (Å²) in [4.78, 5) is 26.3. The highest BCUT2D eigenvalue weighted by molar-refractivity contribution is 7.89. The number of esters is 1. The minimum absolute atomic E-state index is 0.0194. The zero-order valence-electron chi connectivity index (χ0n) is 19.8. The van der Waals surface area contributed by atoms with Crippen LogP contribution in [0.3, 0.4) is 0 Å². The topological polar surface area (TPSA) is 96.0 Å². The number of nitrogens with one attached hydrogen (secondary N) is 1. The van der Waals surface area contributed by atoms with Gasteiger partial charge in [-0.25, -0.2) is 8.42 Å². The molecule has 3 rings (SSSR count). The van der Waals surface area contributed by atoms with Crippen molar-refractivity contribution in [3.05, 3.63) is 60.2 Å². The number of anilines is 1.